The van der Waals surface area contributed by atoms with Crippen LogP contribution >= 0.6 is 12.2 Å². The van der Waals surface area contributed by atoms with Crippen molar-refractivity contribution < 1.29 is 9.53 Å². The van der Waals surface area contributed by atoms with Crippen molar-refractivity contribution in [3.05, 3.63) is 64.4 Å². The van der Waals surface area contributed by atoms with E-state index in [9.17, 15) is 4.79 Å². The van der Waals surface area contributed by atoms with Crippen LogP contribution in [0.4, 0.5) is 0 Å². The third kappa shape index (κ3) is 5.77. The Kier molecular flexibility index (Phi) is 7.19. The number of hydrogen-bond donors (Lipinski definition) is 2. The standard InChI is InChI=1S/C22H26N4O2S/c1-3-4-12-28-19-7-5-6-17(13-19)14-23-20(27)15-26-21(24-25-22(26)29)18-10-8-16(2)9-11-18/h5-11,13H,3-4,12,14-15H2,1-2H3,(H,23,27)(H,25,29). The van der Waals surface area contributed by atoms with Crippen molar-refractivity contribution in [1.29, 1.82) is 0 Å². The van der Waals surface area contributed by atoms with E-state index in [0.29, 0.717) is 23.7 Å². The van der Waals surface area contributed by atoms with E-state index in [4.69, 9.17) is 17.0 Å². The number of carbonyl (C=O) groups is 1. The first-order valence-electron chi connectivity index (χ1n) is 9.77. The molecule has 0 bridgehead atoms. The van der Waals surface area contributed by atoms with E-state index < -0.39 is 0 Å². The van der Waals surface area contributed by atoms with Crippen molar-refractivity contribution in [1.82, 2.24) is 20.1 Å². The zero-order valence-electron chi connectivity index (χ0n) is 16.8. The lowest BCUT2D eigenvalue weighted by Crippen LogP contribution is -2.27. The van der Waals surface area contributed by atoms with E-state index in [2.05, 4.69) is 22.4 Å². The van der Waals surface area contributed by atoms with E-state index in [1.165, 1.54) is 0 Å². The lowest BCUT2D eigenvalue weighted by atomic mass is 10.1. The first-order valence-corrected chi connectivity index (χ1v) is 10.2. The molecule has 0 fully saturated rings. The molecule has 0 radical (unpaired) electrons. The largest absolute Gasteiger partial charge is 0.494 e. The van der Waals surface area contributed by atoms with Crippen molar-refractivity contribution >= 4 is 18.1 Å². The molecule has 0 saturated carbocycles. The minimum atomic E-state index is -0.131. The Morgan fingerprint density at radius 1 is 1.24 bits per heavy atom. The minimum absolute atomic E-state index is 0.102. The highest BCUT2D eigenvalue weighted by Crippen LogP contribution is 2.18. The van der Waals surface area contributed by atoms with Gasteiger partial charge < -0.3 is 10.1 Å². The number of aryl methyl sites for hydroxylation is 1. The van der Waals surface area contributed by atoms with Crippen molar-refractivity contribution in [3.8, 4) is 17.1 Å². The number of nitrogens with zero attached hydrogens (tertiary/aromatic N) is 2. The highest BCUT2D eigenvalue weighted by molar-refractivity contribution is 7.71. The summed E-state index contributed by atoms with van der Waals surface area (Å²) in [6.45, 7) is 5.39. The van der Waals surface area contributed by atoms with Gasteiger partial charge in [-0.1, -0.05) is 55.3 Å². The van der Waals surface area contributed by atoms with Gasteiger partial charge in [0.2, 0.25) is 5.91 Å². The number of unbranched alkanes of at least 4 members (excludes halogenated alkanes) is 1. The van der Waals surface area contributed by atoms with Crippen LogP contribution in [-0.4, -0.2) is 27.3 Å². The van der Waals surface area contributed by atoms with Gasteiger partial charge in [0, 0.05) is 12.1 Å². The summed E-state index contributed by atoms with van der Waals surface area (Å²) in [5.41, 5.74) is 3.06. The molecule has 0 aliphatic rings. The maximum absolute atomic E-state index is 12.5. The van der Waals surface area contributed by atoms with Gasteiger partial charge >= 0.3 is 0 Å². The van der Waals surface area contributed by atoms with E-state index in [-0.39, 0.29) is 12.5 Å². The fourth-order valence-electron chi connectivity index (χ4n) is 2.87. The van der Waals surface area contributed by atoms with Gasteiger partial charge in [-0.05, 0) is 43.3 Å². The molecule has 2 aromatic carbocycles. The van der Waals surface area contributed by atoms with E-state index >= 15 is 0 Å². The van der Waals surface area contributed by atoms with Gasteiger partial charge in [-0.25, -0.2) is 0 Å². The Morgan fingerprint density at radius 3 is 2.79 bits per heavy atom. The number of nitrogens with one attached hydrogen (secondary N) is 2. The second-order valence-electron chi connectivity index (χ2n) is 6.93. The molecule has 2 N–H and O–H groups in total. The molecule has 3 aromatic rings. The molecule has 3 rings (SSSR count). The second-order valence-corrected chi connectivity index (χ2v) is 7.32. The lowest BCUT2D eigenvalue weighted by molar-refractivity contribution is -0.121. The number of benzene rings is 2. The molecular weight excluding hydrogens is 384 g/mol. The molecule has 1 aromatic heterocycles. The van der Waals surface area contributed by atoms with E-state index in [0.717, 1.165) is 35.3 Å². The number of carbonyl (C=O) groups excluding carboxylic acids is 1. The van der Waals surface area contributed by atoms with Crippen LogP contribution in [-0.2, 0) is 17.9 Å². The van der Waals surface area contributed by atoms with Gasteiger partial charge in [0.05, 0.1) is 6.61 Å². The Balaban J connectivity index is 1.62. The minimum Gasteiger partial charge on any atom is -0.494 e. The van der Waals surface area contributed by atoms with Crippen molar-refractivity contribution in [2.45, 2.75) is 39.8 Å². The molecular formula is C22H26N4O2S. The smallest absolute Gasteiger partial charge is 0.240 e. The van der Waals surface area contributed by atoms with Gasteiger partial charge in [-0.15, -0.1) is 0 Å². The molecule has 0 saturated heterocycles. The van der Waals surface area contributed by atoms with Crippen LogP contribution in [0, 0.1) is 11.7 Å². The fraction of sp³-hybridized carbons (Fsp3) is 0.318. The highest BCUT2D eigenvalue weighted by Gasteiger charge is 2.12. The number of rotatable bonds is 9. The van der Waals surface area contributed by atoms with Gasteiger partial charge in [-0.2, -0.15) is 5.10 Å². The highest BCUT2D eigenvalue weighted by atomic mass is 32.1. The average molecular weight is 411 g/mol. The van der Waals surface area contributed by atoms with E-state index in [1.54, 1.807) is 4.57 Å². The molecule has 7 heteroatoms. The molecule has 0 atom stereocenters. The molecule has 0 spiro atoms. The molecule has 0 aliphatic heterocycles. The summed E-state index contributed by atoms with van der Waals surface area (Å²) in [5.74, 6) is 1.34. The summed E-state index contributed by atoms with van der Waals surface area (Å²) >= 11 is 5.31. The number of amides is 1. The molecule has 0 unspecified atom stereocenters. The van der Waals surface area contributed by atoms with Crippen molar-refractivity contribution in [2.75, 3.05) is 6.61 Å². The quantitative estimate of drug-likeness (QED) is 0.405. The van der Waals surface area contributed by atoms with Crippen LogP contribution < -0.4 is 10.1 Å². The van der Waals surface area contributed by atoms with Crippen LogP contribution in [0.5, 0.6) is 5.75 Å². The Bertz CT molecular complexity index is 1010. The number of H-pyrrole nitrogens is 1. The van der Waals surface area contributed by atoms with E-state index in [1.807, 2.05) is 55.5 Å². The summed E-state index contributed by atoms with van der Waals surface area (Å²) in [5, 5.41) is 10.0. The van der Waals surface area contributed by atoms with Gasteiger partial charge in [0.25, 0.3) is 0 Å². The summed E-state index contributed by atoms with van der Waals surface area (Å²) in [6.07, 6.45) is 2.12. The van der Waals surface area contributed by atoms with Gasteiger partial charge in [-0.3, -0.25) is 14.5 Å². The predicted octanol–water partition coefficient (Wildman–Crippen LogP) is 4.41. The van der Waals surface area contributed by atoms with Gasteiger partial charge in [0.1, 0.15) is 12.3 Å². The zero-order valence-corrected chi connectivity index (χ0v) is 17.6. The third-order valence-electron chi connectivity index (χ3n) is 4.52. The first kappa shape index (κ1) is 20.8. The fourth-order valence-corrected chi connectivity index (χ4v) is 3.06. The second kappa shape index (κ2) is 10.0. The summed E-state index contributed by atoms with van der Waals surface area (Å²) < 4.78 is 7.85. The SMILES string of the molecule is CCCCOc1cccc(CNC(=O)Cn2c(-c3ccc(C)cc3)n[nH]c2=S)c1. The van der Waals surface area contributed by atoms with Crippen LogP contribution in [0.3, 0.4) is 0 Å². The topological polar surface area (TPSA) is 71.9 Å². The lowest BCUT2D eigenvalue weighted by Gasteiger charge is -2.10. The first-order chi connectivity index (χ1) is 14.1. The average Bonchev–Trinajstić information content (AvgIpc) is 3.08. The number of aromatic amines is 1. The summed E-state index contributed by atoms with van der Waals surface area (Å²) in [7, 11) is 0. The van der Waals surface area contributed by atoms with Crippen molar-refractivity contribution in [3.63, 3.8) is 0 Å². The van der Waals surface area contributed by atoms with Crippen molar-refractivity contribution in [2.24, 2.45) is 0 Å². The van der Waals surface area contributed by atoms with Gasteiger partial charge in [0.15, 0.2) is 10.6 Å². The maximum Gasteiger partial charge on any atom is 0.240 e. The summed E-state index contributed by atoms with van der Waals surface area (Å²) in [6, 6.07) is 15.7. The number of aromatic nitrogens is 3. The monoisotopic (exact) mass is 410 g/mol. The molecule has 29 heavy (non-hydrogen) atoms. The Hall–Kier alpha value is -2.93. The molecule has 1 amide bonds. The van der Waals surface area contributed by atoms with Crippen LogP contribution in [0.15, 0.2) is 48.5 Å². The van der Waals surface area contributed by atoms with Crippen LogP contribution in [0.1, 0.15) is 30.9 Å². The Labute approximate surface area is 175 Å². The molecule has 1 heterocycles. The third-order valence-corrected chi connectivity index (χ3v) is 4.84. The molecule has 0 aliphatic carbocycles. The summed E-state index contributed by atoms with van der Waals surface area (Å²) in [4.78, 5) is 12.5. The molecule has 152 valence electrons. The molecule has 6 nitrogen and oxygen atoms in total. The van der Waals surface area contributed by atoms with Crippen LogP contribution in [0.25, 0.3) is 11.4 Å². The number of ether oxygens (including phenoxy) is 1. The zero-order chi connectivity index (χ0) is 20.6. The Morgan fingerprint density at radius 2 is 2.03 bits per heavy atom. The maximum atomic E-state index is 12.5. The van der Waals surface area contributed by atoms with Crippen LogP contribution in [0.2, 0.25) is 0 Å². The number of hydrogen-bond acceptors (Lipinski definition) is 4. The predicted molar refractivity (Wildman–Crippen MR) is 116 cm³/mol. The normalized spacial score (nSPS) is 10.7.